The number of aliphatic hydroxyl groups excluding tert-OH is 1. The van der Waals surface area contributed by atoms with Crippen LogP contribution >= 0.6 is 0 Å². The third kappa shape index (κ3) is 1.28. The molecule has 0 bridgehead atoms. The Morgan fingerprint density at radius 1 is 1.67 bits per heavy atom. The van der Waals surface area contributed by atoms with E-state index in [1.807, 2.05) is 0 Å². The second-order valence-corrected chi connectivity index (χ2v) is 1.70. The summed E-state index contributed by atoms with van der Waals surface area (Å²) in [4.78, 5) is 3.64. The average Bonchev–Trinajstić information content (AvgIpc) is 2.14. The van der Waals surface area contributed by atoms with E-state index >= 15 is 0 Å². The number of rotatable bonds is 1. The second kappa shape index (κ2) is 2.16. The molecule has 0 radical (unpaired) electrons. The van der Waals surface area contributed by atoms with E-state index in [1.165, 1.54) is 6.26 Å². The third-order valence-electron chi connectivity index (χ3n) is 0.858. The number of nitrogens with zero attached hydrogens (tertiary/aromatic N) is 1. The maximum Gasteiger partial charge on any atom is 0.251 e. The number of hydrogen-bond acceptors (Lipinski definition) is 4. The average molecular weight is 129 g/mol. The highest BCUT2D eigenvalue weighted by Gasteiger charge is 2.07. The largest absolute Gasteiger partial charge is 0.444 e. The minimum atomic E-state index is -1.60. The summed E-state index contributed by atoms with van der Waals surface area (Å²) in [6.45, 7) is 1.70. The molecule has 4 nitrogen and oxygen atoms in total. The topological polar surface area (TPSA) is 66.5 Å². The summed E-state index contributed by atoms with van der Waals surface area (Å²) in [5.74, 6) is -0.0625. The molecule has 0 saturated carbocycles. The van der Waals surface area contributed by atoms with Gasteiger partial charge in [-0.2, -0.15) is 0 Å². The Bertz CT molecular complexity index is 194. The zero-order chi connectivity index (χ0) is 6.85. The van der Waals surface area contributed by atoms with Gasteiger partial charge in [0.15, 0.2) is 0 Å². The van der Waals surface area contributed by atoms with Crippen LogP contribution in [0.4, 0.5) is 0 Å². The monoisotopic (exact) mass is 129 g/mol. The number of oxazole rings is 1. The van der Waals surface area contributed by atoms with E-state index in [-0.39, 0.29) is 5.89 Å². The van der Waals surface area contributed by atoms with Crippen LogP contribution in [-0.2, 0) is 0 Å². The van der Waals surface area contributed by atoms with Crippen molar-refractivity contribution >= 4 is 0 Å². The minimum Gasteiger partial charge on any atom is -0.444 e. The zero-order valence-electron chi connectivity index (χ0n) is 4.90. The van der Waals surface area contributed by atoms with Crippen molar-refractivity contribution in [2.24, 2.45) is 0 Å². The number of aliphatic hydroxyl groups is 2. The maximum absolute atomic E-state index is 8.44. The van der Waals surface area contributed by atoms with Crippen LogP contribution < -0.4 is 0 Å². The van der Waals surface area contributed by atoms with Crippen molar-refractivity contribution in [1.82, 2.24) is 4.98 Å². The molecule has 2 N–H and O–H groups in total. The minimum absolute atomic E-state index is 0.0625. The number of hydrogen-bond donors (Lipinski definition) is 2. The van der Waals surface area contributed by atoms with E-state index in [9.17, 15) is 0 Å². The molecule has 0 spiro atoms. The summed E-state index contributed by atoms with van der Waals surface area (Å²) in [7, 11) is 0. The van der Waals surface area contributed by atoms with Crippen molar-refractivity contribution in [2.75, 3.05) is 0 Å². The lowest BCUT2D eigenvalue weighted by molar-refractivity contribution is -0.0620. The summed E-state index contributed by atoms with van der Waals surface area (Å²) < 4.78 is 4.61. The molecule has 0 aliphatic rings. The molecule has 1 rings (SSSR count). The molecular weight excluding hydrogens is 122 g/mol. The Labute approximate surface area is 51.8 Å². The van der Waals surface area contributed by atoms with Crippen molar-refractivity contribution in [3.63, 3.8) is 0 Å². The lowest BCUT2D eigenvalue weighted by atomic mass is 10.6. The highest BCUT2D eigenvalue weighted by molar-refractivity contribution is 4.92. The first kappa shape index (κ1) is 6.25. The summed E-state index contributed by atoms with van der Waals surface area (Å²) in [5.41, 5.74) is 0.637. The van der Waals surface area contributed by atoms with Crippen molar-refractivity contribution in [3.8, 4) is 0 Å². The summed E-state index contributed by atoms with van der Waals surface area (Å²) >= 11 is 0. The lowest BCUT2D eigenvalue weighted by Crippen LogP contribution is -1.93. The fraction of sp³-hybridized carbons (Fsp3) is 0.400. The van der Waals surface area contributed by atoms with Crippen molar-refractivity contribution in [2.45, 2.75) is 13.2 Å². The van der Waals surface area contributed by atoms with Crippen LogP contribution in [0.5, 0.6) is 0 Å². The van der Waals surface area contributed by atoms with Crippen LogP contribution in [0.25, 0.3) is 0 Å². The predicted octanol–water partition coefficient (Wildman–Crippen LogP) is -0.0338. The molecule has 0 atom stereocenters. The second-order valence-electron chi connectivity index (χ2n) is 1.70. The van der Waals surface area contributed by atoms with Gasteiger partial charge in [0.25, 0.3) is 5.89 Å². The van der Waals surface area contributed by atoms with Gasteiger partial charge in [0, 0.05) is 0 Å². The third-order valence-corrected chi connectivity index (χ3v) is 0.858. The van der Waals surface area contributed by atoms with Gasteiger partial charge >= 0.3 is 0 Å². The standard InChI is InChI=1S/C5H7NO3/c1-3-2-9-4(6-3)5(7)8/h2,5,7-8H,1H3. The van der Waals surface area contributed by atoms with Crippen molar-refractivity contribution < 1.29 is 14.6 Å². The van der Waals surface area contributed by atoms with Crippen molar-refractivity contribution in [3.05, 3.63) is 17.8 Å². The zero-order valence-corrected chi connectivity index (χ0v) is 4.90. The highest BCUT2D eigenvalue weighted by atomic mass is 16.5. The molecular formula is C5H7NO3. The van der Waals surface area contributed by atoms with E-state index in [4.69, 9.17) is 10.2 Å². The number of aromatic nitrogens is 1. The fourth-order valence-corrected chi connectivity index (χ4v) is 0.491. The molecule has 0 amide bonds. The van der Waals surface area contributed by atoms with E-state index < -0.39 is 6.29 Å². The molecule has 0 aromatic carbocycles. The molecule has 1 aromatic heterocycles. The normalized spacial score (nSPS) is 10.7. The van der Waals surface area contributed by atoms with E-state index in [1.54, 1.807) is 6.92 Å². The van der Waals surface area contributed by atoms with Crippen LogP contribution in [-0.4, -0.2) is 15.2 Å². The molecule has 50 valence electrons. The lowest BCUT2D eigenvalue weighted by Gasteiger charge is -1.92. The fourth-order valence-electron chi connectivity index (χ4n) is 0.491. The van der Waals surface area contributed by atoms with Gasteiger partial charge in [-0.05, 0) is 6.92 Å². The quantitative estimate of drug-likeness (QED) is 0.522. The first-order chi connectivity index (χ1) is 4.20. The van der Waals surface area contributed by atoms with Gasteiger partial charge in [-0.1, -0.05) is 0 Å². The van der Waals surface area contributed by atoms with Gasteiger partial charge in [0.2, 0.25) is 6.29 Å². The van der Waals surface area contributed by atoms with Crippen molar-refractivity contribution in [1.29, 1.82) is 0 Å². The number of aryl methyl sites for hydroxylation is 1. The van der Waals surface area contributed by atoms with E-state index in [2.05, 4.69) is 9.40 Å². The van der Waals surface area contributed by atoms with Crippen LogP contribution in [0.1, 0.15) is 17.9 Å². The molecule has 1 aromatic rings. The first-order valence-electron chi connectivity index (χ1n) is 2.48. The Kier molecular flexibility index (Phi) is 1.50. The van der Waals surface area contributed by atoms with Crippen LogP contribution in [0, 0.1) is 6.92 Å². The van der Waals surface area contributed by atoms with Crippen LogP contribution in [0.2, 0.25) is 0 Å². The maximum atomic E-state index is 8.44. The molecule has 0 aliphatic carbocycles. The molecule has 9 heavy (non-hydrogen) atoms. The smallest absolute Gasteiger partial charge is 0.251 e. The molecule has 0 unspecified atom stereocenters. The van der Waals surface area contributed by atoms with Gasteiger partial charge in [-0.25, -0.2) is 4.98 Å². The molecule has 1 heterocycles. The Morgan fingerprint density at radius 2 is 2.33 bits per heavy atom. The Morgan fingerprint density at radius 3 is 2.56 bits per heavy atom. The Balaban J connectivity index is 2.85. The molecule has 0 aliphatic heterocycles. The molecule has 0 fully saturated rings. The summed E-state index contributed by atoms with van der Waals surface area (Å²) in [6, 6.07) is 0. The predicted molar refractivity (Wildman–Crippen MR) is 28.4 cm³/mol. The van der Waals surface area contributed by atoms with Gasteiger partial charge in [-0.15, -0.1) is 0 Å². The van der Waals surface area contributed by atoms with Gasteiger partial charge in [-0.3, -0.25) is 0 Å². The summed E-state index contributed by atoms with van der Waals surface area (Å²) in [6.07, 6.45) is -0.243. The van der Waals surface area contributed by atoms with E-state index in [0.29, 0.717) is 5.69 Å². The molecule has 0 saturated heterocycles. The highest BCUT2D eigenvalue weighted by Crippen LogP contribution is 2.07. The summed E-state index contributed by atoms with van der Waals surface area (Å²) in [5, 5.41) is 16.9. The van der Waals surface area contributed by atoms with Gasteiger partial charge in [0.05, 0.1) is 5.69 Å². The first-order valence-corrected chi connectivity index (χ1v) is 2.48. The SMILES string of the molecule is Cc1coc(C(O)O)n1. The van der Waals surface area contributed by atoms with E-state index in [0.717, 1.165) is 0 Å². The van der Waals surface area contributed by atoms with Gasteiger partial charge in [0.1, 0.15) is 6.26 Å². The van der Waals surface area contributed by atoms with Crippen LogP contribution in [0.3, 0.4) is 0 Å². The molecule has 4 heteroatoms. The Hall–Kier alpha value is -0.870. The van der Waals surface area contributed by atoms with Gasteiger partial charge < -0.3 is 14.6 Å². The van der Waals surface area contributed by atoms with Crippen LogP contribution in [0.15, 0.2) is 10.7 Å².